The number of fused-ring (bicyclic) bond motifs is 1. The van der Waals surface area contributed by atoms with Gasteiger partial charge in [0, 0.05) is 11.9 Å². The van der Waals surface area contributed by atoms with Crippen molar-refractivity contribution in [3.8, 4) is 0 Å². The first-order chi connectivity index (χ1) is 9.08. The summed E-state index contributed by atoms with van der Waals surface area (Å²) >= 11 is 0. The van der Waals surface area contributed by atoms with Crippen LogP contribution < -0.4 is 11.1 Å². The smallest absolute Gasteiger partial charge is 0.305 e. The van der Waals surface area contributed by atoms with Gasteiger partial charge in [-0.1, -0.05) is 18.2 Å². The molecule has 0 saturated carbocycles. The van der Waals surface area contributed by atoms with Crippen LogP contribution in [0.5, 0.6) is 0 Å². The number of carbonyl (C=O) groups excluding carboxylic acids is 1. The van der Waals surface area contributed by atoms with Crippen molar-refractivity contribution in [1.29, 1.82) is 0 Å². The van der Waals surface area contributed by atoms with Crippen LogP contribution in [-0.4, -0.2) is 28.5 Å². The number of rotatable bonds is 5. The van der Waals surface area contributed by atoms with Gasteiger partial charge in [0.25, 0.3) is 5.91 Å². The summed E-state index contributed by atoms with van der Waals surface area (Å²) in [6.45, 7) is 0.182. The minimum Gasteiger partial charge on any atom is -0.481 e. The number of aromatic nitrogens is 1. The normalized spacial score (nSPS) is 10.3. The Labute approximate surface area is 109 Å². The number of carbonyl (C=O) groups is 2. The van der Waals surface area contributed by atoms with E-state index in [2.05, 4.69) is 10.3 Å². The van der Waals surface area contributed by atoms with E-state index >= 15 is 0 Å². The van der Waals surface area contributed by atoms with E-state index in [9.17, 15) is 9.59 Å². The highest BCUT2D eigenvalue weighted by Crippen LogP contribution is 2.20. The topological polar surface area (TPSA) is 105 Å². The van der Waals surface area contributed by atoms with Gasteiger partial charge in [-0.2, -0.15) is 0 Å². The highest BCUT2D eigenvalue weighted by Gasteiger charge is 2.11. The molecule has 1 aromatic carbocycles. The fraction of sp³-hybridized carbons (Fsp3) is 0.154. The molecule has 0 atom stereocenters. The fourth-order valence-corrected chi connectivity index (χ4v) is 1.73. The zero-order valence-corrected chi connectivity index (χ0v) is 10.1. The Morgan fingerprint density at radius 3 is 2.74 bits per heavy atom. The van der Waals surface area contributed by atoms with Crippen LogP contribution in [0.3, 0.4) is 0 Å². The van der Waals surface area contributed by atoms with Crippen LogP contribution in [0.2, 0.25) is 0 Å². The van der Waals surface area contributed by atoms with Crippen molar-refractivity contribution in [2.24, 2.45) is 5.73 Å². The minimum absolute atomic E-state index is 0.0628. The van der Waals surface area contributed by atoms with E-state index in [1.54, 1.807) is 6.07 Å². The van der Waals surface area contributed by atoms with E-state index < -0.39 is 11.9 Å². The standard InChI is InChI=1S/C13H13N3O3/c14-12(19)9-7-8-3-1-2-4-10(8)16-13(9)15-6-5-11(17)18/h1-4,7H,5-6H2,(H2,14,19)(H,15,16)(H,17,18). The zero-order valence-electron chi connectivity index (χ0n) is 10.1. The number of aliphatic carboxylic acids is 1. The van der Waals surface area contributed by atoms with Crippen molar-refractivity contribution >= 4 is 28.6 Å². The van der Waals surface area contributed by atoms with E-state index in [0.29, 0.717) is 11.3 Å². The van der Waals surface area contributed by atoms with Crippen molar-refractivity contribution < 1.29 is 14.7 Å². The van der Waals surface area contributed by atoms with Gasteiger partial charge in [-0.3, -0.25) is 9.59 Å². The van der Waals surface area contributed by atoms with Gasteiger partial charge in [0.1, 0.15) is 5.82 Å². The summed E-state index contributed by atoms with van der Waals surface area (Å²) in [6.07, 6.45) is -0.0628. The maximum absolute atomic E-state index is 11.4. The summed E-state index contributed by atoms with van der Waals surface area (Å²) in [7, 11) is 0. The molecule has 2 rings (SSSR count). The lowest BCUT2D eigenvalue weighted by molar-refractivity contribution is -0.136. The van der Waals surface area contributed by atoms with Crippen LogP contribution in [0.1, 0.15) is 16.8 Å². The molecular formula is C13H13N3O3. The number of anilines is 1. The third-order valence-electron chi connectivity index (χ3n) is 2.62. The van der Waals surface area contributed by atoms with Gasteiger partial charge in [0.15, 0.2) is 0 Å². The van der Waals surface area contributed by atoms with Gasteiger partial charge in [0.05, 0.1) is 17.5 Å². The SMILES string of the molecule is NC(=O)c1cc2ccccc2nc1NCCC(=O)O. The number of hydrogen-bond acceptors (Lipinski definition) is 4. The molecule has 0 fully saturated rings. The average Bonchev–Trinajstić information content (AvgIpc) is 2.37. The second-order valence-electron chi connectivity index (χ2n) is 4.01. The number of nitrogens with one attached hydrogen (secondary N) is 1. The Bertz CT molecular complexity index is 640. The first-order valence-electron chi connectivity index (χ1n) is 5.73. The van der Waals surface area contributed by atoms with Crippen LogP contribution >= 0.6 is 0 Å². The number of carboxylic acids is 1. The number of carboxylic acid groups (broad SMARTS) is 1. The third-order valence-corrected chi connectivity index (χ3v) is 2.62. The molecule has 0 radical (unpaired) electrons. The molecule has 1 heterocycles. The number of para-hydroxylation sites is 1. The first-order valence-corrected chi connectivity index (χ1v) is 5.73. The quantitative estimate of drug-likeness (QED) is 0.748. The molecule has 1 amide bonds. The lowest BCUT2D eigenvalue weighted by atomic mass is 10.1. The first kappa shape index (κ1) is 12.8. The molecular weight excluding hydrogens is 246 g/mol. The van der Waals surface area contributed by atoms with E-state index in [1.807, 2.05) is 24.3 Å². The molecule has 0 aliphatic heterocycles. The number of primary amides is 1. The van der Waals surface area contributed by atoms with Gasteiger partial charge in [-0.25, -0.2) is 4.98 Å². The Balaban J connectivity index is 2.36. The number of benzene rings is 1. The molecule has 0 spiro atoms. The van der Waals surface area contributed by atoms with Crippen LogP contribution in [0.15, 0.2) is 30.3 Å². The number of amides is 1. The van der Waals surface area contributed by atoms with Gasteiger partial charge in [-0.15, -0.1) is 0 Å². The van der Waals surface area contributed by atoms with Crippen molar-refractivity contribution in [2.75, 3.05) is 11.9 Å². The Hall–Kier alpha value is -2.63. The molecule has 2 aromatic rings. The maximum Gasteiger partial charge on any atom is 0.305 e. The molecule has 6 heteroatoms. The number of pyridine rings is 1. The predicted octanol–water partition coefficient (Wildman–Crippen LogP) is 1.22. The molecule has 0 aliphatic carbocycles. The Morgan fingerprint density at radius 1 is 1.32 bits per heavy atom. The van der Waals surface area contributed by atoms with Crippen LogP contribution in [0, 0.1) is 0 Å². The zero-order chi connectivity index (χ0) is 13.8. The molecule has 0 aliphatic rings. The van der Waals surface area contributed by atoms with Gasteiger partial charge in [-0.05, 0) is 12.1 Å². The molecule has 0 saturated heterocycles. The molecule has 19 heavy (non-hydrogen) atoms. The lowest BCUT2D eigenvalue weighted by Gasteiger charge is -2.09. The molecule has 0 bridgehead atoms. The summed E-state index contributed by atoms with van der Waals surface area (Å²) in [6, 6.07) is 8.96. The van der Waals surface area contributed by atoms with Crippen LogP contribution in [0.25, 0.3) is 10.9 Å². The van der Waals surface area contributed by atoms with Crippen molar-refractivity contribution in [1.82, 2.24) is 4.98 Å². The number of nitrogens with zero attached hydrogens (tertiary/aromatic N) is 1. The monoisotopic (exact) mass is 259 g/mol. The van der Waals surface area contributed by atoms with Gasteiger partial charge >= 0.3 is 5.97 Å². The van der Waals surface area contributed by atoms with Crippen LogP contribution in [-0.2, 0) is 4.79 Å². The number of hydrogen-bond donors (Lipinski definition) is 3. The highest BCUT2D eigenvalue weighted by molar-refractivity contribution is 6.01. The maximum atomic E-state index is 11.4. The molecule has 98 valence electrons. The van der Waals surface area contributed by atoms with Crippen LogP contribution in [0.4, 0.5) is 5.82 Å². The minimum atomic E-state index is -0.922. The molecule has 0 unspecified atom stereocenters. The van der Waals surface area contributed by atoms with Crippen molar-refractivity contribution in [2.45, 2.75) is 6.42 Å². The molecule has 6 nitrogen and oxygen atoms in total. The van der Waals surface area contributed by atoms with Crippen molar-refractivity contribution in [3.63, 3.8) is 0 Å². The van der Waals surface area contributed by atoms with Crippen molar-refractivity contribution in [3.05, 3.63) is 35.9 Å². The van der Waals surface area contributed by atoms with E-state index in [-0.39, 0.29) is 18.5 Å². The summed E-state index contributed by atoms with van der Waals surface area (Å²) in [5.74, 6) is -1.21. The predicted molar refractivity (Wildman–Crippen MR) is 71.0 cm³/mol. The summed E-state index contributed by atoms with van der Waals surface area (Å²) < 4.78 is 0. The largest absolute Gasteiger partial charge is 0.481 e. The second kappa shape index (κ2) is 5.34. The summed E-state index contributed by atoms with van der Waals surface area (Å²) in [4.78, 5) is 26.1. The fourth-order valence-electron chi connectivity index (χ4n) is 1.73. The molecule has 1 aromatic heterocycles. The Kier molecular flexibility index (Phi) is 3.61. The van der Waals surface area contributed by atoms with Gasteiger partial charge < -0.3 is 16.2 Å². The van der Waals surface area contributed by atoms with Gasteiger partial charge in [0.2, 0.25) is 0 Å². The Morgan fingerprint density at radius 2 is 2.05 bits per heavy atom. The van der Waals surface area contributed by atoms with E-state index in [1.165, 1.54) is 0 Å². The average molecular weight is 259 g/mol. The number of nitrogens with two attached hydrogens (primary N) is 1. The molecule has 4 N–H and O–H groups in total. The third kappa shape index (κ3) is 2.98. The summed E-state index contributed by atoms with van der Waals surface area (Å²) in [5, 5.41) is 12.2. The highest BCUT2D eigenvalue weighted by atomic mass is 16.4. The second-order valence-corrected chi connectivity index (χ2v) is 4.01. The lowest BCUT2D eigenvalue weighted by Crippen LogP contribution is -2.17. The summed E-state index contributed by atoms with van der Waals surface area (Å²) in [5.41, 5.74) is 6.27. The van der Waals surface area contributed by atoms with E-state index in [0.717, 1.165) is 5.39 Å². The van der Waals surface area contributed by atoms with E-state index in [4.69, 9.17) is 10.8 Å².